The lowest BCUT2D eigenvalue weighted by molar-refractivity contribution is 0.500. The minimum atomic E-state index is -5.23. The Morgan fingerprint density at radius 3 is 2.30 bits per heavy atom. The zero-order chi connectivity index (χ0) is 14.8. The number of sulfonamides is 1. The van der Waals surface area contributed by atoms with E-state index in [0.717, 1.165) is 6.20 Å². The molecule has 9 heteroatoms. The molecule has 1 heterocycles. The van der Waals surface area contributed by atoms with Crippen LogP contribution in [-0.4, -0.2) is 20.4 Å². The zero-order valence-corrected chi connectivity index (χ0v) is 10.8. The molecule has 20 heavy (non-hydrogen) atoms. The Bertz CT molecular complexity index is 705. The van der Waals surface area contributed by atoms with Crippen molar-refractivity contribution in [2.24, 2.45) is 0 Å². The molecule has 0 aliphatic carbocycles. The van der Waals surface area contributed by atoms with Gasteiger partial charge in [0.05, 0.1) is 16.8 Å². The molecule has 1 aromatic heterocycles. The molecule has 0 bridgehead atoms. The molecular weight excluding hydrogens is 292 g/mol. The van der Waals surface area contributed by atoms with Crippen LogP contribution in [0.15, 0.2) is 53.7 Å². The second-order valence-electron chi connectivity index (χ2n) is 4.00. The Hall–Kier alpha value is -2.03. The van der Waals surface area contributed by atoms with Gasteiger partial charge in [0.1, 0.15) is 0 Å². The van der Waals surface area contributed by atoms with Crippen molar-refractivity contribution in [3.05, 3.63) is 48.8 Å². The van der Waals surface area contributed by atoms with Gasteiger partial charge in [-0.3, -0.25) is 9.71 Å². The minimum Gasteiger partial charge on any atom is -0.445 e. The fraction of sp³-hybridized carbons (Fsp3) is 0. The lowest BCUT2D eigenvalue weighted by Crippen LogP contribution is -2.34. The van der Waals surface area contributed by atoms with Crippen LogP contribution < -0.4 is 10.2 Å². The number of rotatable bonds is 4. The van der Waals surface area contributed by atoms with Crippen LogP contribution in [0.1, 0.15) is 0 Å². The lowest BCUT2D eigenvalue weighted by Gasteiger charge is -2.15. The standard InChI is InChI=1S/C11H9BF3N2O2S/c13-12(14,15)9-6-10(8-16-7-9)17-20(18,19)11-4-2-1-3-5-11/h1-8,17H/q-1. The van der Waals surface area contributed by atoms with E-state index in [1.165, 1.54) is 24.3 Å². The average Bonchev–Trinajstić information content (AvgIpc) is 2.38. The number of benzene rings is 1. The maximum absolute atomic E-state index is 12.6. The van der Waals surface area contributed by atoms with Gasteiger partial charge < -0.3 is 12.9 Å². The third kappa shape index (κ3) is 3.29. The summed E-state index contributed by atoms with van der Waals surface area (Å²) in [6, 6.07) is 8.06. The number of halogens is 3. The summed E-state index contributed by atoms with van der Waals surface area (Å²) >= 11 is 0. The second-order valence-corrected chi connectivity index (χ2v) is 5.68. The van der Waals surface area contributed by atoms with Crippen LogP contribution in [0.4, 0.5) is 18.6 Å². The molecule has 0 atom stereocenters. The van der Waals surface area contributed by atoms with E-state index in [-0.39, 0.29) is 10.6 Å². The molecular formula is C11H9BF3N2O2S-. The molecule has 0 aliphatic heterocycles. The molecule has 1 aromatic carbocycles. The highest BCUT2D eigenvalue weighted by Crippen LogP contribution is 2.16. The molecule has 0 aliphatic rings. The zero-order valence-electron chi connectivity index (χ0n) is 10.0. The average molecular weight is 301 g/mol. The second kappa shape index (κ2) is 5.16. The van der Waals surface area contributed by atoms with E-state index in [9.17, 15) is 21.4 Å². The van der Waals surface area contributed by atoms with Gasteiger partial charge in [0.25, 0.3) is 10.0 Å². The first kappa shape index (κ1) is 14.4. The molecule has 0 unspecified atom stereocenters. The summed E-state index contributed by atoms with van der Waals surface area (Å²) in [5.41, 5.74) is -1.19. The van der Waals surface area contributed by atoms with Crippen LogP contribution in [-0.2, 0) is 10.0 Å². The maximum atomic E-state index is 12.6. The summed E-state index contributed by atoms with van der Waals surface area (Å²) in [4.78, 5) is 3.36. The van der Waals surface area contributed by atoms with E-state index >= 15 is 0 Å². The van der Waals surface area contributed by atoms with Gasteiger partial charge in [0.2, 0.25) is 0 Å². The number of anilines is 1. The van der Waals surface area contributed by atoms with Crippen LogP contribution in [0, 0.1) is 0 Å². The molecule has 1 N–H and O–H groups in total. The fourth-order valence-corrected chi connectivity index (χ4v) is 2.56. The van der Waals surface area contributed by atoms with Crippen LogP contribution >= 0.6 is 0 Å². The maximum Gasteiger partial charge on any atom is 0.511 e. The Morgan fingerprint density at radius 2 is 1.70 bits per heavy atom. The van der Waals surface area contributed by atoms with Gasteiger partial charge >= 0.3 is 6.98 Å². The van der Waals surface area contributed by atoms with Gasteiger partial charge in [-0.1, -0.05) is 29.7 Å². The van der Waals surface area contributed by atoms with E-state index in [4.69, 9.17) is 0 Å². The normalized spacial score (nSPS) is 12.2. The Balaban J connectivity index is 2.31. The van der Waals surface area contributed by atoms with Crippen molar-refractivity contribution in [3.8, 4) is 0 Å². The van der Waals surface area contributed by atoms with Gasteiger partial charge in [0, 0.05) is 6.20 Å². The fourth-order valence-electron chi connectivity index (χ4n) is 1.51. The molecule has 0 fully saturated rings. The van der Waals surface area contributed by atoms with E-state index in [1.54, 1.807) is 6.07 Å². The van der Waals surface area contributed by atoms with E-state index in [2.05, 4.69) is 9.71 Å². The van der Waals surface area contributed by atoms with Gasteiger partial charge in [-0.25, -0.2) is 8.42 Å². The predicted octanol–water partition coefficient (Wildman–Crippen LogP) is 1.94. The summed E-state index contributed by atoms with van der Waals surface area (Å²) in [5.74, 6) is 0. The molecule has 0 amide bonds. The van der Waals surface area contributed by atoms with Crippen molar-refractivity contribution in [3.63, 3.8) is 0 Å². The summed E-state index contributed by atoms with van der Waals surface area (Å²) in [5, 5.41) is 0. The van der Waals surface area contributed by atoms with E-state index in [1.807, 2.05) is 0 Å². The van der Waals surface area contributed by atoms with Crippen molar-refractivity contribution in [2.45, 2.75) is 4.90 Å². The van der Waals surface area contributed by atoms with Crippen molar-refractivity contribution >= 4 is 28.2 Å². The van der Waals surface area contributed by atoms with Crippen molar-refractivity contribution < 1.29 is 21.4 Å². The van der Waals surface area contributed by atoms with Crippen LogP contribution in [0.2, 0.25) is 0 Å². The highest BCUT2D eigenvalue weighted by molar-refractivity contribution is 7.92. The van der Waals surface area contributed by atoms with Gasteiger partial charge in [-0.2, -0.15) is 0 Å². The van der Waals surface area contributed by atoms with Crippen LogP contribution in [0.25, 0.3) is 0 Å². The Kier molecular flexibility index (Phi) is 3.71. The highest BCUT2D eigenvalue weighted by atomic mass is 32.2. The number of hydrogen-bond donors (Lipinski definition) is 1. The molecule has 0 radical (unpaired) electrons. The molecule has 106 valence electrons. The first-order chi connectivity index (χ1) is 9.29. The minimum absolute atomic E-state index is 0.0390. The van der Waals surface area contributed by atoms with Gasteiger partial charge in [-0.15, -0.1) is 0 Å². The largest absolute Gasteiger partial charge is 0.511 e. The predicted molar refractivity (Wildman–Crippen MR) is 70.2 cm³/mol. The quantitative estimate of drug-likeness (QED) is 0.878. The third-order valence-electron chi connectivity index (χ3n) is 2.44. The van der Waals surface area contributed by atoms with Crippen molar-refractivity contribution in [1.29, 1.82) is 0 Å². The molecule has 0 spiro atoms. The Morgan fingerprint density at radius 1 is 1.05 bits per heavy atom. The molecule has 2 aromatic rings. The molecule has 2 rings (SSSR count). The first-order valence-electron chi connectivity index (χ1n) is 5.52. The molecule has 0 saturated carbocycles. The summed E-state index contributed by atoms with van der Waals surface area (Å²) in [6.45, 7) is -5.23. The van der Waals surface area contributed by atoms with Crippen molar-refractivity contribution in [1.82, 2.24) is 4.98 Å². The summed E-state index contributed by atoms with van der Waals surface area (Å²) in [7, 11) is -3.93. The summed E-state index contributed by atoms with van der Waals surface area (Å²) < 4.78 is 63.7. The number of nitrogens with zero attached hydrogens (tertiary/aromatic N) is 1. The number of hydrogen-bond acceptors (Lipinski definition) is 3. The third-order valence-corrected chi connectivity index (χ3v) is 3.84. The number of pyridine rings is 1. The number of nitrogens with one attached hydrogen (secondary N) is 1. The first-order valence-corrected chi connectivity index (χ1v) is 7.00. The van der Waals surface area contributed by atoms with Gasteiger partial charge in [0.15, 0.2) is 0 Å². The van der Waals surface area contributed by atoms with E-state index in [0.29, 0.717) is 12.3 Å². The monoisotopic (exact) mass is 301 g/mol. The smallest absolute Gasteiger partial charge is 0.445 e. The van der Waals surface area contributed by atoms with Crippen LogP contribution in [0.5, 0.6) is 0 Å². The van der Waals surface area contributed by atoms with E-state index < -0.39 is 22.5 Å². The SMILES string of the molecule is O=S(=O)(Nc1cncc([B-](F)(F)F)c1)c1ccccc1. The van der Waals surface area contributed by atoms with Gasteiger partial charge in [-0.05, 0) is 12.1 Å². The number of aromatic nitrogens is 1. The Labute approximate surface area is 113 Å². The highest BCUT2D eigenvalue weighted by Gasteiger charge is 2.26. The molecule has 0 saturated heterocycles. The van der Waals surface area contributed by atoms with Crippen LogP contribution in [0.3, 0.4) is 0 Å². The van der Waals surface area contributed by atoms with Crippen molar-refractivity contribution in [2.75, 3.05) is 4.72 Å². The molecule has 4 nitrogen and oxygen atoms in total. The summed E-state index contributed by atoms with van der Waals surface area (Å²) in [6.07, 6.45) is 1.67. The topological polar surface area (TPSA) is 59.1 Å². The lowest BCUT2D eigenvalue weighted by atomic mass is 9.81.